The van der Waals surface area contributed by atoms with E-state index in [2.05, 4.69) is 5.32 Å². The van der Waals surface area contributed by atoms with Crippen LogP contribution in [0.15, 0.2) is 48.5 Å². The molecule has 0 saturated carbocycles. The molecule has 1 aliphatic heterocycles. The smallest absolute Gasteiger partial charge is 0.235 e. The van der Waals surface area contributed by atoms with E-state index in [1.54, 1.807) is 6.92 Å². The minimum atomic E-state index is -0.608. The maximum absolute atomic E-state index is 13.4. The van der Waals surface area contributed by atoms with Crippen molar-refractivity contribution in [2.24, 2.45) is 0 Å². The molecule has 1 fully saturated rings. The Morgan fingerprint density at radius 3 is 2.23 bits per heavy atom. The Hall–Kier alpha value is -2.62. The van der Waals surface area contributed by atoms with E-state index in [0.29, 0.717) is 25.9 Å². The van der Waals surface area contributed by atoms with E-state index < -0.39 is 5.41 Å². The second-order valence-corrected chi connectivity index (χ2v) is 7.16. The Morgan fingerprint density at radius 2 is 1.62 bits per heavy atom. The number of benzene rings is 2. The predicted molar refractivity (Wildman–Crippen MR) is 104 cm³/mol. The summed E-state index contributed by atoms with van der Waals surface area (Å²) in [5.41, 5.74) is 3.52. The highest BCUT2D eigenvalue weighted by atomic mass is 16.2. The van der Waals surface area contributed by atoms with Crippen LogP contribution in [0.3, 0.4) is 0 Å². The molecule has 0 atom stereocenters. The lowest BCUT2D eigenvalue weighted by molar-refractivity contribution is -0.133. The highest BCUT2D eigenvalue weighted by Gasteiger charge is 2.43. The van der Waals surface area contributed by atoms with Crippen LogP contribution < -0.4 is 5.32 Å². The minimum Gasteiger partial charge on any atom is -0.343 e. The molecule has 1 heterocycles. The van der Waals surface area contributed by atoms with Crippen LogP contribution >= 0.6 is 0 Å². The first kappa shape index (κ1) is 18.2. The first-order chi connectivity index (χ1) is 12.4. The number of nitrogens with zero attached hydrogens (tertiary/aromatic N) is 1. The van der Waals surface area contributed by atoms with Crippen LogP contribution in [0.25, 0.3) is 0 Å². The molecule has 0 radical (unpaired) electrons. The zero-order valence-corrected chi connectivity index (χ0v) is 15.7. The third-order valence-corrected chi connectivity index (χ3v) is 5.68. The number of carbonyl (C=O) groups excluding carboxylic acids is 2. The zero-order chi connectivity index (χ0) is 18.7. The maximum atomic E-state index is 13.4. The van der Waals surface area contributed by atoms with E-state index in [1.165, 1.54) is 0 Å². The number of nitrogens with one attached hydrogen (secondary N) is 1. The molecule has 1 saturated heterocycles. The fourth-order valence-corrected chi connectivity index (χ4v) is 3.74. The van der Waals surface area contributed by atoms with Crippen molar-refractivity contribution in [1.29, 1.82) is 0 Å². The van der Waals surface area contributed by atoms with E-state index in [0.717, 1.165) is 22.4 Å². The van der Waals surface area contributed by atoms with Gasteiger partial charge in [-0.05, 0) is 49.4 Å². The molecule has 3 rings (SSSR count). The van der Waals surface area contributed by atoms with E-state index >= 15 is 0 Å². The lowest BCUT2D eigenvalue weighted by Gasteiger charge is -2.41. The highest BCUT2D eigenvalue weighted by molar-refractivity contribution is 6.00. The number of hydrogen-bond acceptors (Lipinski definition) is 2. The van der Waals surface area contributed by atoms with Crippen LogP contribution in [0.2, 0.25) is 0 Å². The number of amides is 2. The highest BCUT2D eigenvalue weighted by Crippen LogP contribution is 2.37. The molecule has 26 heavy (non-hydrogen) atoms. The van der Waals surface area contributed by atoms with Crippen molar-refractivity contribution in [3.05, 3.63) is 65.2 Å². The average Bonchev–Trinajstić information content (AvgIpc) is 2.66. The third kappa shape index (κ3) is 3.36. The monoisotopic (exact) mass is 350 g/mol. The van der Waals surface area contributed by atoms with Gasteiger partial charge in [-0.25, -0.2) is 0 Å². The summed E-state index contributed by atoms with van der Waals surface area (Å²) in [5.74, 6) is 0.0854. The van der Waals surface area contributed by atoms with Crippen LogP contribution in [0.5, 0.6) is 0 Å². The molecule has 1 N–H and O–H groups in total. The quantitative estimate of drug-likeness (QED) is 0.915. The molecular formula is C22H26N2O2. The summed E-state index contributed by atoms with van der Waals surface area (Å²) >= 11 is 0. The molecular weight excluding hydrogens is 324 g/mol. The summed E-state index contributed by atoms with van der Waals surface area (Å²) in [4.78, 5) is 27.0. The molecule has 136 valence electrons. The van der Waals surface area contributed by atoms with Crippen molar-refractivity contribution < 1.29 is 9.59 Å². The summed E-state index contributed by atoms with van der Waals surface area (Å²) in [5, 5.41) is 3.16. The van der Waals surface area contributed by atoms with E-state index in [4.69, 9.17) is 0 Å². The van der Waals surface area contributed by atoms with Crippen LogP contribution in [-0.2, 0) is 15.0 Å². The Kier molecular flexibility index (Phi) is 5.12. The molecule has 0 unspecified atom stereocenters. The number of carbonyl (C=O) groups is 2. The number of aryl methyl sites for hydroxylation is 1. The summed E-state index contributed by atoms with van der Waals surface area (Å²) in [6.45, 7) is 6.86. The molecule has 0 bridgehead atoms. The predicted octanol–water partition coefficient (Wildman–Crippen LogP) is 3.82. The second-order valence-electron chi connectivity index (χ2n) is 7.16. The van der Waals surface area contributed by atoms with Crippen LogP contribution in [0.4, 0.5) is 5.69 Å². The molecule has 1 aliphatic rings. The number of anilines is 1. The Balaban J connectivity index is 1.93. The number of hydrogen-bond donors (Lipinski definition) is 1. The first-order valence-corrected chi connectivity index (χ1v) is 9.13. The fourth-order valence-electron chi connectivity index (χ4n) is 3.74. The van der Waals surface area contributed by atoms with Gasteiger partial charge in [-0.3, -0.25) is 9.59 Å². The lowest BCUT2D eigenvalue weighted by atomic mass is 9.72. The average molecular weight is 350 g/mol. The normalized spacial score (nSPS) is 16.2. The largest absolute Gasteiger partial charge is 0.343 e. The fraction of sp³-hybridized carbons (Fsp3) is 0.364. The molecule has 0 aliphatic carbocycles. The Labute approximate surface area is 155 Å². The zero-order valence-electron chi connectivity index (χ0n) is 15.7. The van der Waals surface area contributed by atoms with E-state index in [1.807, 2.05) is 67.3 Å². The van der Waals surface area contributed by atoms with Gasteiger partial charge in [0.05, 0.1) is 5.41 Å². The van der Waals surface area contributed by atoms with Gasteiger partial charge in [0.15, 0.2) is 0 Å². The maximum Gasteiger partial charge on any atom is 0.235 e. The van der Waals surface area contributed by atoms with Gasteiger partial charge < -0.3 is 10.2 Å². The van der Waals surface area contributed by atoms with Gasteiger partial charge in [0.1, 0.15) is 0 Å². The van der Waals surface area contributed by atoms with Crippen LogP contribution in [-0.4, -0.2) is 29.8 Å². The van der Waals surface area contributed by atoms with Crippen molar-refractivity contribution in [3.63, 3.8) is 0 Å². The Morgan fingerprint density at radius 1 is 0.962 bits per heavy atom. The van der Waals surface area contributed by atoms with Gasteiger partial charge in [-0.2, -0.15) is 0 Å². The lowest BCUT2D eigenvalue weighted by Crippen LogP contribution is -2.50. The summed E-state index contributed by atoms with van der Waals surface area (Å²) in [6.07, 6.45) is 1.26. The van der Waals surface area contributed by atoms with E-state index in [-0.39, 0.29) is 11.8 Å². The van der Waals surface area contributed by atoms with Crippen LogP contribution in [0.1, 0.15) is 36.5 Å². The summed E-state index contributed by atoms with van der Waals surface area (Å²) < 4.78 is 0. The van der Waals surface area contributed by atoms with Gasteiger partial charge in [-0.15, -0.1) is 0 Å². The van der Waals surface area contributed by atoms with Gasteiger partial charge in [0.2, 0.25) is 11.8 Å². The van der Waals surface area contributed by atoms with Gasteiger partial charge in [0.25, 0.3) is 0 Å². The number of rotatable bonds is 3. The minimum absolute atomic E-state index is 0.0144. The molecule has 0 spiro atoms. The Bertz CT molecular complexity index is 806. The van der Waals surface area contributed by atoms with Crippen molar-refractivity contribution in [2.75, 3.05) is 18.4 Å². The third-order valence-electron chi connectivity index (χ3n) is 5.68. The molecule has 4 nitrogen and oxygen atoms in total. The van der Waals surface area contributed by atoms with Crippen molar-refractivity contribution in [2.45, 2.75) is 39.0 Å². The topological polar surface area (TPSA) is 49.4 Å². The summed E-state index contributed by atoms with van der Waals surface area (Å²) in [7, 11) is 0. The standard InChI is InChI=1S/C22H26N2O2/c1-16-8-7-11-20(17(16)2)23-21(26)22(19-9-5-4-6-10-19)12-14-24(15-13-22)18(3)25/h4-11H,12-15H2,1-3H3,(H,23,26). The second kappa shape index (κ2) is 7.32. The molecule has 2 aromatic carbocycles. The first-order valence-electron chi connectivity index (χ1n) is 9.13. The molecule has 4 heteroatoms. The number of likely N-dealkylation sites (tertiary alicyclic amines) is 1. The van der Waals surface area contributed by atoms with Gasteiger partial charge >= 0.3 is 0 Å². The SMILES string of the molecule is CC(=O)N1CCC(C(=O)Nc2cccc(C)c2C)(c2ccccc2)CC1. The van der Waals surface area contributed by atoms with Crippen molar-refractivity contribution in [3.8, 4) is 0 Å². The van der Waals surface area contributed by atoms with Gasteiger partial charge in [0, 0.05) is 25.7 Å². The molecule has 2 amide bonds. The molecule has 0 aromatic heterocycles. The van der Waals surface area contributed by atoms with Crippen molar-refractivity contribution >= 4 is 17.5 Å². The summed E-state index contributed by atoms with van der Waals surface area (Å²) in [6, 6.07) is 15.9. The van der Waals surface area contributed by atoms with E-state index in [9.17, 15) is 9.59 Å². The van der Waals surface area contributed by atoms with Crippen LogP contribution in [0, 0.1) is 13.8 Å². The molecule has 2 aromatic rings. The number of piperidine rings is 1. The van der Waals surface area contributed by atoms with Crippen molar-refractivity contribution in [1.82, 2.24) is 4.90 Å². The van der Waals surface area contributed by atoms with Gasteiger partial charge in [-0.1, -0.05) is 42.5 Å².